The van der Waals surface area contributed by atoms with Crippen molar-refractivity contribution in [2.24, 2.45) is 0 Å². The standard InChI is InChI=1S/C10H15BrN2O/c1-2-5-13(6-7-14)10-3-4-12-8-9(10)11/h3-4,8,14H,2,5-7H2,1H3. The van der Waals surface area contributed by atoms with Gasteiger partial charge >= 0.3 is 0 Å². The molecule has 0 saturated heterocycles. The van der Waals surface area contributed by atoms with Crippen LogP contribution in [0.15, 0.2) is 22.9 Å². The number of aliphatic hydroxyl groups is 1. The average Bonchev–Trinajstić information content (AvgIpc) is 2.18. The Labute approximate surface area is 92.9 Å². The topological polar surface area (TPSA) is 36.4 Å². The molecule has 0 aliphatic heterocycles. The summed E-state index contributed by atoms with van der Waals surface area (Å²) in [5, 5.41) is 8.94. The van der Waals surface area contributed by atoms with E-state index in [2.05, 4.69) is 32.7 Å². The quantitative estimate of drug-likeness (QED) is 0.879. The minimum Gasteiger partial charge on any atom is -0.395 e. The Bertz CT molecular complexity index is 275. The Morgan fingerprint density at radius 3 is 2.86 bits per heavy atom. The van der Waals surface area contributed by atoms with Gasteiger partial charge in [0.15, 0.2) is 0 Å². The molecular weight excluding hydrogens is 244 g/mol. The first-order chi connectivity index (χ1) is 6.79. The molecule has 0 aromatic carbocycles. The summed E-state index contributed by atoms with van der Waals surface area (Å²) in [4.78, 5) is 6.16. The van der Waals surface area contributed by atoms with Gasteiger partial charge in [0.2, 0.25) is 0 Å². The summed E-state index contributed by atoms with van der Waals surface area (Å²) in [6, 6.07) is 1.95. The number of aromatic nitrogens is 1. The molecule has 0 atom stereocenters. The fourth-order valence-electron chi connectivity index (χ4n) is 1.37. The third-order valence-corrected chi connectivity index (χ3v) is 2.57. The van der Waals surface area contributed by atoms with Crippen LogP contribution >= 0.6 is 15.9 Å². The zero-order chi connectivity index (χ0) is 10.4. The maximum absolute atomic E-state index is 8.94. The number of aliphatic hydroxyl groups excluding tert-OH is 1. The molecule has 0 unspecified atom stereocenters. The van der Waals surface area contributed by atoms with Gasteiger partial charge in [0.05, 0.1) is 16.8 Å². The molecule has 0 aliphatic rings. The molecule has 3 nitrogen and oxygen atoms in total. The van der Waals surface area contributed by atoms with Crippen LogP contribution in [0.2, 0.25) is 0 Å². The molecule has 0 radical (unpaired) electrons. The maximum Gasteiger partial charge on any atom is 0.0606 e. The number of nitrogens with zero attached hydrogens (tertiary/aromatic N) is 2. The van der Waals surface area contributed by atoms with E-state index in [4.69, 9.17) is 5.11 Å². The van der Waals surface area contributed by atoms with E-state index >= 15 is 0 Å². The molecule has 0 aliphatic carbocycles. The maximum atomic E-state index is 8.94. The molecule has 1 heterocycles. The zero-order valence-electron chi connectivity index (χ0n) is 8.28. The summed E-state index contributed by atoms with van der Waals surface area (Å²) in [6.45, 7) is 3.91. The normalized spacial score (nSPS) is 10.2. The van der Waals surface area contributed by atoms with Crippen LogP contribution in [0.3, 0.4) is 0 Å². The molecule has 1 aromatic heterocycles. The van der Waals surface area contributed by atoms with Crippen LogP contribution in [0.25, 0.3) is 0 Å². The average molecular weight is 259 g/mol. The highest BCUT2D eigenvalue weighted by Crippen LogP contribution is 2.24. The molecule has 1 N–H and O–H groups in total. The molecule has 1 rings (SSSR count). The van der Waals surface area contributed by atoms with Gasteiger partial charge in [0.25, 0.3) is 0 Å². The van der Waals surface area contributed by atoms with Gasteiger partial charge in [0, 0.05) is 25.5 Å². The number of hydrogen-bond acceptors (Lipinski definition) is 3. The van der Waals surface area contributed by atoms with Gasteiger partial charge in [-0.05, 0) is 28.4 Å². The third kappa shape index (κ3) is 2.96. The first-order valence-corrected chi connectivity index (χ1v) is 5.54. The van der Waals surface area contributed by atoms with Gasteiger partial charge in [-0.15, -0.1) is 0 Å². The molecule has 0 saturated carbocycles. The molecule has 0 spiro atoms. The summed E-state index contributed by atoms with van der Waals surface area (Å²) in [7, 11) is 0. The monoisotopic (exact) mass is 258 g/mol. The number of halogens is 1. The van der Waals surface area contributed by atoms with Crippen molar-refractivity contribution in [3.05, 3.63) is 22.9 Å². The number of rotatable bonds is 5. The lowest BCUT2D eigenvalue weighted by Crippen LogP contribution is -2.27. The summed E-state index contributed by atoms with van der Waals surface area (Å²) in [5.41, 5.74) is 1.09. The second-order valence-electron chi connectivity index (χ2n) is 3.04. The molecule has 1 aromatic rings. The Kier molecular flexibility index (Phi) is 4.90. The molecule has 4 heteroatoms. The molecule has 14 heavy (non-hydrogen) atoms. The van der Waals surface area contributed by atoms with Crippen LogP contribution in [-0.2, 0) is 0 Å². The first kappa shape index (κ1) is 11.5. The fourth-order valence-corrected chi connectivity index (χ4v) is 1.87. The van der Waals surface area contributed by atoms with Gasteiger partial charge in [-0.25, -0.2) is 0 Å². The van der Waals surface area contributed by atoms with Crippen molar-refractivity contribution in [3.63, 3.8) is 0 Å². The van der Waals surface area contributed by atoms with Gasteiger partial charge < -0.3 is 10.0 Å². The van der Waals surface area contributed by atoms with Gasteiger partial charge in [-0.2, -0.15) is 0 Å². The molecule has 0 fully saturated rings. The zero-order valence-corrected chi connectivity index (χ0v) is 9.87. The molecular formula is C10H15BrN2O. The Morgan fingerprint density at radius 2 is 2.29 bits per heavy atom. The van der Waals surface area contributed by atoms with Crippen molar-refractivity contribution in [2.75, 3.05) is 24.6 Å². The van der Waals surface area contributed by atoms with E-state index in [-0.39, 0.29) is 6.61 Å². The Balaban J connectivity index is 2.81. The minimum absolute atomic E-state index is 0.175. The van der Waals surface area contributed by atoms with Crippen molar-refractivity contribution < 1.29 is 5.11 Å². The highest BCUT2D eigenvalue weighted by molar-refractivity contribution is 9.10. The second-order valence-corrected chi connectivity index (χ2v) is 3.89. The molecule has 0 bridgehead atoms. The lowest BCUT2D eigenvalue weighted by atomic mass is 10.3. The van der Waals surface area contributed by atoms with Gasteiger partial charge in [-0.1, -0.05) is 6.92 Å². The summed E-state index contributed by atoms with van der Waals surface area (Å²) < 4.78 is 0.974. The van der Waals surface area contributed by atoms with Gasteiger partial charge in [-0.3, -0.25) is 4.98 Å². The molecule has 78 valence electrons. The smallest absolute Gasteiger partial charge is 0.0606 e. The van der Waals surface area contributed by atoms with Crippen molar-refractivity contribution in [1.29, 1.82) is 0 Å². The van der Waals surface area contributed by atoms with E-state index < -0.39 is 0 Å². The Morgan fingerprint density at radius 1 is 1.50 bits per heavy atom. The number of anilines is 1. The van der Waals surface area contributed by atoms with Crippen molar-refractivity contribution in [3.8, 4) is 0 Å². The van der Waals surface area contributed by atoms with Crippen LogP contribution in [0, 0.1) is 0 Å². The number of hydrogen-bond donors (Lipinski definition) is 1. The Hall–Kier alpha value is -0.610. The van der Waals surface area contributed by atoms with E-state index in [0.29, 0.717) is 6.54 Å². The lowest BCUT2D eigenvalue weighted by molar-refractivity contribution is 0.302. The highest BCUT2D eigenvalue weighted by Gasteiger charge is 2.07. The largest absolute Gasteiger partial charge is 0.395 e. The highest BCUT2D eigenvalue weighted by atomic mass is 79.9. The molecule has 0 amide bonds. The predicted octanol–water partition coefficient (Wildman–Crippen LogP) is 2.05. The van der Waals surface area contributed by atoms with E-state index in [0.717, 1.165) is 23.1 Å². The van der Waals surface area contributed by atoms with Crippen LogP contribution in [-0.4, -0.2) is 29.8 Å². The fraction of sp³-hybridized carbons (Fsp3) is 0.500. The predicted molar refractivity (Wildman–Crippen MR) is 61.5 cm³/mol. The van der Waals surface area contributed by atoms with E-state index in [1.165, 1.54) is 0 Å². The van der Waals surface area contributed by atoms with E-state index in [1.807, 2.05) is 6.07 Å². The van der Waals surface area contributed by atoms with Crippen LogP contribution in [0.4, 0.5) is 5.69 Å². The summed E-state index contributed by atoms with van der Waals surface area (Å²) in [5.74, 6) is 0. The van der Waals surface area contributed by atoms with Crippen molar-refractivity contribution in [2.45, 2.75) is 13.3 Å². The first-order valence-electron chi connectivity index (χ1n) is 4.75. The van der Waals surface area contributed by atoms with Gasteiger partial charge in [0.1, 0.15) is 0 Å². The minimum atomic E-state index is 0.175. The van der Waals surface area contributed by atoms with Crippen molar-refractivity contribution in [1.82, 2.24) is 4.98 Å². The summed E-state index contributed by atoms with van der Waals surface area (Å²) >= 11 is 3.45. The second kappa shape index (κ2) is 5.98. The van der Waals surface area contributed by atoms with E-state index in [1.54, 1.807) is 12.4 Å². The lowest BCUT2D eigenvalue weighted by Gasteiger charge is -2.24. The summed E-state index contributed by atoms with van der Waals surface area (Å²) in [6.07, 6.45) is 4.60. The SMILES string of the molecule is CCCN(CCO)c1ccncc1Br. The van der Waals surface area contributed by atoms with Crippen LogP contribution in [0.5, 0.6) is 0 Å². The van der Waals surface area contributed by atoms with E-state index in [9.17, 15) is 0 Å². The number of pyridine rings is 1. The van der Waals surface area contributed by atoms with Crippen LogP contribution in [0.1, 0.15) is 13.3 Å². The van der Waals surface area contributed by atoms with Crippen molar-refractivity contribution >= 4 is 21.6 Å². The third-order valence-electron chi connectivity index (χ3n) is 1.96. The van der Waals surface area contributed by atoms with Crippen LogP contribution < -0.4 is 4.90 Å².